The SMILES string of the molecule is COC(=O)c1ccc([C@H]2/C(=C(\O)c3c(C)[nH]c(C(=O)OC)c3C)C(=O)C(=O)N2CCN(C)C)cc1. The van der Waals surface area contributed by atoms with Crippen molar-refractivity contribution >= 4 is 29.4 Å². The summed E-state index contributed by atoms with van der Waals surface area (Å²) in [7, 11) is 6.21. The van der Waals surface area contributed by atoms with Gasteiger partial charge in [-0.1, -0.05) is 12.1 Å². The number of hydrogen-bond donors (Lipinski definition) is 2. The Bertz CT molecular complexity index is 1210. The molecule has 0 aliphatic carbocycles. The number of aliphatic hydroxyl groups is 1. The van der Waals surface area contributed by atoms with Crippen molar-refractivity contribution in [1.29, 1.82) is 0 Å². The molecule has 0 unspecified atom stereocenters. The number of nitrogens with one attached hydrogen (secondary N) is 1. The number of H-pyrrole nitrogens is 1. The minimum absolute atomic E-state index is 0.0961. The number of ketones is 1. The fourth-order valence-electron chi connectivity index (χ4n) is 4.23. The third kappa shape index (κ3) is 4.69. The molecule has 10 heteroatoms. The summed E-state index contributed by atoms with van der Waals surface area (Å²) in [6.07, 6.45) is 0. The largest absolute Gasteiger partial charge is 0.507 e. The molecule has 1 aliphatic rings. The summed E-state index contributed by atoms with van der Waals surface area (Å²) in [6.45, 7) is 3.98. The maximum absolute atomic E-state index is 13.2. The van der Waals surface area contributed by atoms with Gasteiger partial charge in [-0.05, 0) is 51.2 Å². The first-order valence-electron chi connectivity index (χ1n) is 10.9. The Labute approximate surface area is 203 Å². The molecule has 1 saturated heterocycles. The number of aromatic amines is 1. The summed E-state index contributed by atoms with van der Waals surface area (Å²) in [4.78, 5) is 56.4. The molecule has 3 rings (SSSR count). The van der Waals surface area contributed by atoms with Crippen LogP contribution >= 0.6 is 0 Å². The molecule has 1 aromatic carbocycles. The third-order valence-electron chi connectivity index (χ3n) is 6.04. The smallest absolute Gasteiger partial charge is 0.354 e. The molecule has 1 fully saturated rings. The molecule has 1 amide bonds. The van der Waals surface area contributed by atoms with Crippen molar-refractivity contribution in [2.24, 2.45) is 0 Å². The predicted molar refractivity (Wildman–Crippen MR) is 127 cm³/mol. The monoisotopic (exact) mass is 483 g/mol. The minimum atomic E-state index is -0.892. The van der Waals surface area contributed by atoms with Crippen molar-refractivity contribution in [3.8, 4) is 0 Å². The Hall–Kier alpha value is -3.92. The van der Waals surface area contributed by atoms with Crippen molar-refractivity contribution < 1.29 is 33.8 Å². The van der Waals surface area contributed by atoms with E-state index in [9.17, 15) is 24.3 Å². The standard InChI is InChI=1S/C25H29N3O7/c1-13-17(14(2)26-19(13)25(33)35-6)21(29)18-20(15-7-9-16(10-8-15)24(32)34-5)28(12-11-27(3)4)23(31)22(18)30/h7-10,20,26,29H,11-12H2,1-6H3/b21-18+/t20-/m0/s1. The van der Waals surface area contributed by atoms with E-state index in [-0.39, 0.29) is 29.1 Å². The number of aromatic nitrogens is 1. The number of carbonyl (C=O) groups excluding carboxylic acids is 4. The molecule has 0 bridgehead atoms. The first kappa shape index (κ1) is 25.7. The molecule has 0 spiro atoms. The van der Waals surface area contributed by atoms with Crippen LogP contribution in [0, 0.1) is 13.8 Å². The summed E-state index contributed by atoms with van der Waals surface area (Å²) >= 11 is 0. The highest BCUT2D eigenvalue weighted by Crippen LogP contribution is 2.40. The van der Waals surface area contributed by atoms with Crippen molar-refractivity contribution in [3.63, 3.8) is 0 Å². The fourth-order valence-corrected chi connectivity index (χ4v) is 4.23. The van der Waals surface area contributed by atoms with Gasteiger partial charge in [0.25, 0.3) is 11.7 Å². The van der Waals surface area contributed by atoms with E-state index in [1.165, 1.54) is 31.3 Å². The first-order valence-corrected chi connectivity index (χ1v) is 10.9. The number of rotatable bonds is 7. The highest BCUT2D eigenvalue weighted by molar-refractivity contribution is 6.46. The van der Waals surface area contributed by atoms with Crippen LogP contribution in [0.1, 0.15) is 49.3 Å². The van der Waals surface area contributed by atoms with Crippen LogP contribution in [0.15, 0.2) is 29.8 Å². The summed E-state index contributed by atoms with van der Waals surface area (Å²) < 4.78 is 9.53. The van der Waals surface area contributed by atoms with Crippen molar-refractivity contribution in [3.05, 3.63) is 63.5 Å². The number of aryl methyl sites for hydroxylation is 1. The van der Waals surface area contributed by atoms with Gasteiger partial charge in [0, 0.05) is 24.3 Å². The molecule has 0 radical (unpaired) electrons. The van der Waals surface area contributed by atoms with E-state index in [0.29, 0.717) is 28.9 Å². The average molecular weight is 484 g/mol. The van der Waals surface area contributed by atoms with Crippen molar-refractivity contribution in [1.82, 2.24) is 14.8 Å². The Morgan fingerprint density at radius 3 is 2.20 bits per heavy atom. The summed E-state index contributed by atoms with van der Waals surface area (Å²) in [5.41, 5.74) is 1.99. The maximum atomic E-state index is 13.2. The number of Topliss-reactive ketones (excluding diaryl/α,β-unsaturated/α-hetero) is 1. The minimum Gasteiger partial charge on any atom is -0.507 e. The average Bonchev–Trinajstić information content (AvgIpc) is 3.28. The van der Waals surface area contributed by atoms with Crippen LogP contribution in [0.2, 0.25) is 0 Å². The van der Waals surface area contributed by atoms with Crippen LogP contribution in [0.25, 0.3) is 5.76 Å². The third-order valence-corrected chi connectivity index (χ3v) is 6.04. The van der Waals surface area contributed by atoms with Gasteiger partial charge in [0.1, 0.15) is 11.5 Å². The lowest BCUT2D eigenvalue weighted by molar-refractivity contribution is -0.140. The van der Waals surface area contributed by atoms with E-state index in [1.807, 2.05) is 19.0 Å². The second kappa shape index (κ2) is 10.1. The fraction of sp³-hybridized carbons (Fsp3) is 0.360. The van der Waals surface area contributed by atoms with Gasteiger partial charge < -0.3 is 29.4 Å². The Balaban J connectivity index is 2.21. The number of nitrogens with zero attached hydrogens (tertiary/aromatic N) is 2. The maximum Gasteiger partial charge on any atom is 0.354 e. The number of likely N-dealkylation sites (N-methyl/N-ethyl adjacent to an activating group) is 1. The van der Waals surface area contributed by atoms with Gasteiger partial charge in [-0.2, -0.15) is 0 Å². The number of ether oxygens (including phenoxy) is 2. The van der Waals surface area contributed by atoms with Crippen LogP contribution in [0.4, 0.5) is 0 Å². The van der Waals surface area contributed by atoms with Gasteiger partial charge in [-0.3, -0.25) is 9.59 Å². The van der Waals surface area contributed by atoms with Crippen molar-refractivity contribution in [2.45, 2.75) is 19.9 Å². The zero-order valence-corrected chi connectivity index (χ0v) is 20.6. The lowest BCUT2D eigenvalue weighted by Gasteiger charge is -2.26. The summed E-state index contributed by atoms with van der Waals surface area (Å²) in [5, 5.41) is 11.4. The number of aliphatic hydroxyl groups excluding tert-OH is 1. The van der Waals surface area contributed by atoms with Crippen LogP contribution in [0.5, 0.6) is 0 Å². The lowest BCUT2D eigenvalue weighted by atomic mass is 9.93. The number of benzene rings is 1. The Kier molecular flexibility index (Phi) is 7.45. The van der Waals surface area contributed by atoms with E-state index < -0.39 is 29.7 Å². The van der Waals surface area contributed by atoms with Crippen LogP contribution in [0.3, 0.4) is 0 Å². The lowest BCUT2D eigenvalue weighted by Crippen LogP contribution is -2.35. The molecular formula is C25H29N3O7. The van der Waals surface area contributed by atoms with Gasteiger partial charge in [0.2, 0.25) is 0 Å². The zero-order chi connectivity index (χ0) is 26.0. The molecule has 2 aromatic rings. The molecular weight excluding hydrogens is 454 g/mol. The number of amides is 1. The van der Waals surface area contributed by atoms with Gasteiger partial charge in [-0.25, -0.2) is 9.59 Å². The van der Waals surface area contributed by atoms with E-state index in [0.717, 1.165) is 0 Å². The first-order chi connectivity index (χ1) is 16.5. The number of likely N-dealkylation sites (tertiary alicyclic amines) is 1. The molecule has 0 saturated carbocycles. The zero-order valence-electron chi connectivity index (χ0n) is 20.6. The summed E-state index contributed by atoms with van der Waals surface area (Å²) in [6, 6.07) is 5.42. The summed E-state index contributed by atoms with van der Waals surface area (Å²) in [5.74, 6) is -3.10. The van der Waals surface area contributed by atoms with Crippen LogP contribution < -0.4 is 0 Å². The van der Waals surface area contributed by atoms with Gasteiger partial charge in [0.05, 0.1) is 31.4 Å². The van der Waals surface area contributed by atoms with Gasteiger partial charge >= 0.3 is 11.9 Å². The molecule has 2 N–H and O–H groups in total. The van der Waals surface area contributed by atoms with Gasteiger partial charge in [-0.15, -0.1) is 0 Å². The van der Waals surface area contributed by atoms with Crippen LogP contribution in [-0.4, -0.2) is 84.9 Å². The molecule has 1 aliphatic heterocycles. The predicted octanol–water partition coefficient (Wildman–Crippen LogP) is 2.19. The highest BCUT2D eigenvalue weighted by atomic mass is 16.5. The molecule has 35 heavy (non-hydrogen) atoms. The van der Waals surface area contributed by atoms with E-state index in [1.54, 1.807) is 26.0 Å². The van der Waals surface area contributed by atoms with E-state index in [4.69, 9.17) is 9.47 Å². The Morgan fingerprint density at radius 1 is 1.06 bits per heavy atom. The number of carbonyl (C=O) groups is 4. The van der Waals surface area contributed by atoms with E-state index in [2.05, 4.69) is 4.98 Å². The topological polar surface area (TPSA) is 129 Å². The second-order valence-electron chi connectivity index (χ2n) is 8.53. The van der Waals surface area contributed by atoms with Crippen LogP contribution in [-0.2, 0) is 19.1 Å². The van der Waals surface area contributed by atoms with Crippen molar-refractivity contribution in [2.75, 3.05) is 41.4 Å². The highest BCUT2D eigenvalue weighted by Gasteiger charge is 2.46. The molecule has 186 valence electrons. The quantitative estimate of drug-likeness (QED) is 0.265. The molecule has 1 aromatic heterocycles. The Morgan fingerprint density at radius 2 is 1.66 bits per heavy atom. The number of esters is 2. The molecule has 2 heterocycles. The normalized spacial score (nSPS) is 17.2. The van der Waals surface area contributed by atoms with Gasteiger partial charge in [0.15, 0.2) is 0 Å². The molecule has 10 nitrogen and oxygen atoms in total. The number of methoxy groups -OCH3 is 2. The molecule has 1 atom stereocenters. The van der Waals surface area contributed by atoms with E-state index >= 15 is 0 Å². The number of hydrogen-bond acceptors (Lipinski definition) is 8. The second-order valence-corrected chi connectivity index (χ2v) is 8.53.